The van der Waals surface area contributed by atoms with Crippen molar-refractivity contribution < 1.29 is 9.59 Å². The van der Waals surface area contributed by atoms with Crippen LogP contribution in [0.15, 0.2) is 60.9 Å². The first-order valence-corrected chi connectivity index (χ1v) is 10.3. The summed E-state index contributed by atoms with van der Waals surface area (Å²) in [6, 6.07) is 17.2. The van der Waals surface area contributed by atoms with Crippen LogP contribution in [-0.4, -0.2) is 32.4 Å². The van der Waals surface area contributed by atoms with Gasteiger partial charge < -0.3 is 9.47 Å². The molecule has 3 amide bonds. The first-order chi connectivity index (χ1) is 14.5. The van der Waals surface area contributed by atoms with Gasteiger partial charge in [0.15, 0.2) is 0 Å². The van der Waals surface area contributed by atoms with Crippen molar-refractivity contribution in [3.63, 3.8) is 0 Å². The minimum atomic E-state index is -0.477. The molecule has 5 rings (SSSR count). The highest BCUT2D eigenvalue weighted by Crippen LogP contribution is 2.33. The smallest absolute Gasteiger partial charge is 0.328 e. The van der Waals surface area contributed by atoms with E-state index in [1.165, 1.54) is 16.0 Å². The van der Waals surface area contributed by atoms with Crippen LogP contribution in [0.25, 0.3) is 0 Å². The predicted octanol–water partition coefficient (Wildman–Crippen LogP) is 3.95. The second-order valence-electron chi connectivity index (χ2n) is 8.30. The van der Waals surface area contributed by atoms with Gasteiger partial charge in [-0.05, 0) is 29.2 Å². The Balaban J connectivity index is 1.41. The lowest BCUT2D eigenvalue weighted by atomic mass is 10.0. The van der Waals surface area contributed by atoms with E-state index in [9.17, 15) is 9.59 Å². The quantitative estimate of drug-likeness (QED) is 0.623. The van der Waals surface area contributed by atoms with Gasteiger partial charge in [-0.2, -0.15) is 0 Å². The van der Waals surface area contributed by atoms with Crippen LogP contribution < -0.4 is 4.90 Å². The number of nitrogens with zero attached hydrogens (tertiary/aromatic N) is 4. The molecule has 152 valence electrons. The molecule has 1 unspecified atom stereocenters. The molecule has 30 heavy (non-hydrogen) atoms. The number of benzene rings is 2. The zero-order valence-electron chi connectivity index (χ0n) is 17.2. The number of hydrogen-bond donors (Lipinski definition) is 0. The van der Waals surface area contributed by atoms with Gasteiger partial charge in [-0.25, -0.2) is 14.7 Å². The maximum atomic E-state index is 13.2. The standard InChI is InChI=1S/C24H24N4O2/c1-16(2)18-8-10-19(11-9-18)28-23(29)21-12-20-22(14-27(21)24(28)30)26(15-25-20)13-17-6-4-3-5-7-17/h3-11,15-16,21H,12-14H2,1-2H3. The number of carbonyl (C=O) groups excluding carboxylic acids is 2. The van der Waals surface area contributed by atoms with Crippen molar-refractivity contribution >= 4 is 17.6 Å². The molecule has 1 saturated heterocycles. The first kappa shape index (κ1) is 18.6. The summed E-state index contributed by atoms with van der Waals surface area (Å²) in [6.07, 6.45) is 2.28. The Morgan fingerprint density at radius 1 is 1.03 bits per heavy atom. The van der Waals surface area contributed by atoms with Gasteiger partial charge in [-0.1, -0.05) is 56.3 Å². The van der Waals surface area contributed by atoms with Crippen LogP contribution in [0.4, 0.5) is 10.5 Å². The second-order valence-corrected chi connectivity index (χ2v) is 8.30. The van der Waals surface area contributed by atoms with Gasteiger partial charge in [-0.3, -0.25) is 4.79 Å². The number of urea groups is 1. The lowest BCUT2D eigenvalue weighted by Crippen LogP contribution is -2.40. The van der Waals surface area contributed by atoms with Crippen LogP contribution in [0.2, 0.25) is 0 Å². The Bertz CT molecular complexity index is 1100. The molecule has 0 saturated carbocycles. The third kappa shape index (κ3) is 3.00. The fraction of sp³-hybridized carbons (Fsp3) is 0.292. The monoisotopic (exact) mass is 400 g/mol. The predicted molar refractivity (Wildman–Crippen MR) is 114 cm³/mol. The molecule has 6 heteroatoms. The van der Waals surface area contributed by atoms with Crippen LogP contribution in [0.5, 0.6) is 0 Å². The average molecular weight is 400 g/mol. The largest absolute Gasteiger partial charge is 0.332 e. The summed E-state index contributed by atoms with van der Waals surface area (Å²) in [7, 11) is 0. The molecule has 2 aliphatic heterocycles. The van der Waals surface area contributed by atoms with Gasteiger partial charge in [-0.15, -0.1) is 0 Å². The Hall–Kier alpha value is -3.41. The van der Waals surface area contributed by atoms with Gasteiger partial charge in [0, 0.05) is 13.0 Å². The molecule has 0 bridgehead atoms. The molecule has 1 fully saturated rings. The molecule has 3 heterocycles. The Labute approximate surface area is 175 Å². The zero-order chi connectivity index (χ0) is 20.8. The van der Waals surface area contributed by atoms with Gasteiger partial charge in [0.1, 0.15) is 6.04 Å². The van der Waals surface area contributed by atoms with Crippen LogP contribution in [-0.2, 0) is 24.3 Å². The van der Waals surface area contributed by atoms with Gasteiger partial charge in [0.2, 0.25) is 0 Å². The van der Waals surface area contributed by atoms with E-state index in [4.69, 9.17) is 0 Å². The Kier molecular flexibility index (Phi) is 4.42. The number of hydrogen-bond acceptors (Lipinski definition) is 3. The van der Waals surface area contributed by atoms with Crippen molar-refractivity contribution in [1.82, 2.24) is 14.5 Å². The van der Waals surface area contributed by atoms with Crippen LogP contribution >= 0.6 is 0 Å². The highest BCUT2D eigenvalue weighted by Gasteiger charge is 2.48. The summed E-state index contributed by atoms with van der Waals surface area (Å²) in [5.74, 6) is 0.233. The van der Waals surface area contributed by atoms with Crippen LogP contribution in [0, 0.1) is 0 Å². The fourth-order valence-electron chi connectivity index (χ4n) is 4.32. The number of imidazole rings is 1. The number of fused-ring (bicyclic) bond motifs is 2. The molecule has 0 aliphatic carbocycles. The topological polar surface area (TPSA) is 58.4 Å². The third-order valence-electron chi connectivity index (χ3n) is 6.07. The number of carbonyl (C=O) groups is 2. The maximum absolute atomic E-state index is 13.2. The van der Waals surface area contributed by atoms with E-state index < -0.39 is 6.04 Å². The highest BCUT2D eigenvalue weighted by molar-refractivity contribution is 6.21. The molecular weight excluding hydrogens is 376 g/mol. The summed E-state index contributed by atoms with van der Waals surface area (Å²) >= 11 is 0. The summed E-state index contributed by atoms with van der Waals surface area (Å²) in [6.45, 7) is 5.34. The van der Waals surface area contributed by atoms with Gasteiger partial charge in [0.25, 0.3) is 5.91 Å². The molecule has 1 atom stereocenters. The van der Waals surface area contributed by atoms with E-state index in [1.807, 2.05) is 48.8 Å². The summed E-state index contributed by atoms with van der Waals surface area (Å²) in [5.41, 5.74) is 4.91. The number of aromatic nitrogens is 2. The van der Waals surface area contributed by atoms with Crippen molar-refractivity contribution in [2.75, 3.05) is 4.90 Å². The molecule has 0 radical (unpaired) electrons. The van der Waals surface area contributed by atoms with Crippen molar-refractivity contribution in [2.45, 2.75) is 45.3 Å². The molecule has 2 aliphatic rings. The number of anilines is 1. The van der Waals surface area contributed by atoms with Crippen LogP contribution in [0.1, 0.15) is 42.3 Å². The SMILES string of the molecule is CC(C)c1ccc(N2C(=O)C3Cc4ncn(Cc5ccccc5)c4CN3C2=O)cc1. The molecule has 6 nitrogen and oxygen atoms in total. The Morgan fingerprint density at radius 3 is 2.47 bits per heavy atom. The number of amides is 3. The fourth-order valence-corrected chi connectivity index (χ4v) is 4.32. The molecule has 2 aromatic carbocycles. The minimum absolute atomic E-state index is 0.166. The molecule has 1 aromatic heterocycles. The Morgan fingerprint density at radius 2 is 1.77 bits per heavy atom. The summed E-state index contributed by atoms with van der Waals surface area (Å²) < 4.78 is 2.08. The normalized spacial score (nSPS) is 18.2. The van der Waals surface area contributed by atoms with E-state index in [0.717, 1.165) is 11.4 Å². The molecule has 0 spiro atoms. The van der Waals surface area contributed by atoms with E-state index in [2.05, 4.69) is 35.5 Å². The molecular formula is C24H24N4O2. The van der Waals surface area contributed by atoms with E-state index in [1.54, 1.807) is 4.90 Å². The summed E-state index contributed by atoms with van der Waals surface area (Å²) in [4.78, 5) is 33.8. The minimum Gasteiger partial charge on any atom is -0.328 e. The third-order valence-corrected chi connectivity index (χ3v) is 6.07. The van der Waals surface area contributed by atoms with E-state index in [-0.39, 0.29) is 11.9 Å². The maximum Gasteiger partial charge on any atom is 0.332 e. The molecule has 0 N–H and O–H groups in total. The lowest BCUT2D eigenvalue weighted by molar-refractivity contribution is -0.120. The van der Waals surface area contributed by atoms with E-state index in [0.29, 0.717) is 31.1 Å². The van der Waals surface area contributed by atoms with Crippen molar-refractivity contribution in [1.29, 1.82) is 0 Å². The number of rotatable bonds is 4. The first-order valence-electron chi connectivity index (χ1n) is 10.3. The van der Waals surface area contributed by atoms with Crippen molar-refractivity contribution in [3.8, 4) is 0 Å². The molecule has 3 aromatic rings. The van der Waals surface area contributed by atoms with Gasteiger partial charge in [0.05, 0.1) is 29.9 Å². The average Bonchev–Trinajstić information content (AvgIpc) is 3.26. The van der Waals surface area contributed by atoms with Crippen molar-refractivity contribution in [2.24, 2.45) is 0 Å². The highest BCUT2D eigenvalue weighted by atomic mass is 16.2. The van der Waals surface area contributed by atoms with Crippen LogP contribution in [0.3, 0.4) is 0 Å². The summed E-state index contributed by atoms with van der Waals surface area (Å²) in [5, 5.41) is 0. The van der Waals surface area contributed by atoms with E-state index >= 15 is 0 Å². The number of imide groups is 1. The lowest BCUT2D eigenvalue weighted by Gasteiger charge is -2.27. The van der Waals surface area contributed by atoms with Crippen molar-refractivity contribution in [3.05, 3.63) is 83.4 Å². The zero-order valence-corrected chi connectivity index (χ0v) is 17.2. The van der Waals surface area contributed by atoms with Gasteiger partial charge >= 0.3 is 6.03 Å². The second kappa shape index (κ2) is 7.13.